The fraction of sp³-hybridized carbons (Fsp3) is 0.136. The number of benzene rings is 2. The molecule has 0 saturated carbocycles. The van der Waals surface area contributed by atoms with Crippen LogP contribution >= 0.6 is 0 Å². The van der Waals surface area contributed by atoms with Crippen molar-refractivity contribution in [3.05, 3.63) is 77.5 Å². The normalized spacial score (nSPS) is 12.7. The molecule has 0 aliphatic carbocycles. The van der Waals surface area contributed by atoms with E-state index in [-0.39, 0.29) is 5.91 Å². The summed E-state index contributed by atoms with van der Waals surface area (Å²) < 4.78 is 5.85. The number of aromatic nitrogens is 1. The van der Waals surface area contributed by atoms with Gasteiger partial charge in [0.1, 0.15) is 12.4 Å². The maximum absolute atomic E-state index is 12.9. The molecule has 0 radical (unpaired) electrons. The highest BCUT2D eigenvalue weighted by Crippen LogP contribution is 2.38. The number of primary amides is 1. The van der Waals surface area contributed by atoms with Gasteiger partial charge >= 0.3 is 0 Å². The van der Waals surface area contributed by atoms with E-state index in [4.69, 9.17) is 10.5 Å². The third-order valence-corrected chi connectivity index (χ3v) is 4.69. The van der Waals surface area contributed by atoms with E-state index < -0.39 is 5.91 Å². The number of fused-ring (bicyclic) bond motifs is 1. The Hall–Kier alpha value is -3.87. The summed E-state index contributed by atoms with van der Waals surface area (Å²) in [7, 11) is 0. The van der Waals surface area contributed by atoms with Gasteiger partial charge in [-0.1, -0.05) is 12.1 Å². The molecule has 1 aliphatic rings. The molecule has 0 fully saturated rings. The summed E-state index contributed by atoms with van der Waals surface area (Å²) in [5.41, 5.74) is 8.49. The van der Waals surface area contributed by atoms with Gasteiger partial charge in [0, 0.05) is 17.4 Å². The molecule has 3 N–H and O–H groups in total. The molecule has 1 aliphatic heterocycles. The first-order valence-electron chi connectivity index (χ1n) is 9.20. The van der Waals surface area contributed by atoms with E-state index in [1.54, 1.807) is 30.3 Å². The summed E-state index contributed by atoms with van der Waals surface area (Å²) in [6.45, 7) is 3.07. The van der Waals surface area contributed by atoms with Crippen LogP contribution in [0.3, 0.4) is 0 Å². The number of carbonyl (C=O) groups is 2. The summed E-state index contributed by atoms with van der Waals surface area (Å²) in [6, 6.07) is 15.8. The first-order chi connectivity index (χ1) is 14.0. The maximum Gasteiger partial charge on any atom is 0.259 e. The van der Waals surface area contributed by atoms with Gasteiger partial charge in [-0.25, -0.2) is 4.98 Å². The van der Waals surface area contributed by atoms with Crippen LogP contribution in [0, 0.1) is 6.92 Å². The molecule has 1 aromatic heterocycles. The molecule has 7 heteroatoms. The van der Waals surface area contributed by atoms with Crippen molar-refractivity contribution in [2.45, 2.75) is 6.92 Å². The van der Waals surface area contributed by atoms with Crippen LogP contribution in [-0.4, -0.2) is 29.9 Å². The van der Waals surface area contributed by atoms with Gasteiger partial charge in [0.25, 0.3) is 5.91 Å². The van der Waals surface area contributed by atoms with Crippen LogP contribution in [0.5, 0.6) is 5.75 Å². The number of hydrogen-bond donors (Lipinski definition) is 2. The number of amides is 2. The van der Waals surface area contributed by atoms with Gasteiger partial charge in [0.2, 0.25) is 5.91 Å². The van der Waals surface area contributed by atoms with Crippen molar-refractivity contribution in [3.63, 3.8) is 0 Å². The number of anilines is 3. The average Bonchev–Trinajstić information content (AvgIpc) is 2.74. The zero-order chi connectivity index (χ0) is 20.4. The second-order valence-electron chi connectivity index (χ2n) is 6.74. The van der Waals surface area contributed by atoms with Crippen LogP contribution in [-0.2, 0) is 0 Å². The number of nitrogens with zero attached hydrogens (tertiary/aromatic N) is 2. The Labute approximate surface area is 168 Å². The smallest absolute Gasteiger partial charge is 0.259 e. The Morgan fingerprint density at radius 1 is 1.10 bits per heavy atom. The van der Waals surface area contributed by atoms with Crippen molar-refractivity contribution in [3.8, 4) is 5.75 Å². The maximum atomic E-state index is 12.9. The fourth-order valence-corrected chi connectivity index (χ4v) is 3.20. The molecule has 3 aromatic rings. The predicted molar refractivity (Wildman–Crippen MR) is 111 cm³/mol. The minimum Gasteiger partial charge on any atom is -0.489 e. The monoisotopic (exact) mass is 388 g/mol. The standard InChI is InChI=1S/C22H20N4O3/c1-14-5-10-19(24-13-14)26-11-12-29-20-17(3-2-4-18(20)26)22(28)25-16-8-6-15(7-9-16)21(23)27/h2-10,13H,11-12H2,1H3,(H2,23,27)(H,25,28). The third-order valence-electron chi connectivity index (χ3n) is 4.69. The van der Waals surface area contributed by atoms with E-state index in [9.17, 15) is 9.59 Å². The Morgan fingerprint density at radius 2 is 1.90 bits per heavy atom. The summed E-state index contributed by atoms with van der Waals surface area (Å²) in [5, 5.41) is 2.83. The summed E-state index contributed by atoms with van der Waals surface area (Å²) in [6.07, 6.45) is 1.82. The Bertz CT molecular complexity index is 1060. The highest BCUT2D eigenvalue weighted by Gasteiger charge is 2.25. The molecule has 0 unspecified atom stereocenters. The molecule has 0 bridgehead atoms. The van der Waals surface area contributed by atoms with Gasteiger partial charge in [-0.3, -0.25) is 9.59 Å². The Balaban J connectivity index is 1.62. The molecule has 7 nitrogen and oxygen atoms in total. The quantitative estimate of drug-likeness (QED) is 0.715. The van der Waals surface area contributed by atoms with E-state index in [0.29, 0.717) is 35.7 Å². The number of nitrogens with one attached hydrogen (secondary N) is 1. The number of para-hydroxylation sites is 1. The van der Waals surface area contributed by atoms with Crippen molar-refractivity contribution < 1.29 is 14.3 Å². The summed E-state index contributed by atoms with van der Waals surface area (Å²) in [4.78, 5) is 30.6. The topological polar surface area (TPSA) is 97.5 Å². The Morgan fingerprint density at radius 3 is 2.59 bits per heavy atom. The first kappa shape index (κ1) is 18.5. The second kappa shape index (κ2) is 7.63. The lowest BCUT2D eigenvalue weighted by atomic mass is 10.1. The van der Waals surface area contributed by atoms with Crippen molar-refractivity contribution in [2.24, 2.45) is 5.73 Å². The van der Waals surface area contributed by atoms with Crippen LogP contribution in [0.15, 0.2) is 60.8 Å². The summed E-state index contributed by atoms with van der Waals surface area (Å²) >= 11 is 0. The van der Waals surface area contributed by atoms with Crippen LogP contribution in [0.2, 0.25) is 0 Å². The molecule has 29 heavy (non-hydrogen) atoms. The average molecular weight is 388 g/mol. The highest BCUT2D eigenvalue weighted by molar-refractivity contribution is 6.07. The molecule has 4 rings (SSSR count). The number of hydrogen-bond acceptors (Lipinski definition) is 5. The van der Waals surface area contributed by atoms with Gasteiger partial charge in [-0.2, -0.15) is 0 Å². The number of aryl methyl sites for hydroxylation is 1. The van der Waals surface area contributed by atoms with Gasteiger partial charge in [0.05, 0.1) is 17.8 Å². The Kier molecular flexibility index (Phi) is 4.87. The van der Waals surface area contributed by atoms with Crippen LogP contribution in [0.1, 0.15) is 26.3 Å². The lowest BCUT2D eigenvalue weighted by Gasteiger charge is -2.31. The zero-order valence-corrected chi connectivity index (χ0v) is 15.9. The molecule has 2 amide bonds. The van der Waals surface area contributed by atoms with Gasteiger partial charge in [-0.15, -0.1) is 0 Å². The van der Waals surface area contributed by atoms with Crippen molar-refractivity contribution in [2.75, 3.05) is 23.4 Å². The minimum absolute atomic E-state index is 0.299. The molecule has 0 atom stereocenters. The molecule has 0 spiro atoms. The van der Waals surface area contributed by atoms with Crippen LogP contribution in [0.25, 0.3) is 0 Å². The minimum atomic E-state index is -0.516. The molecular weight excluding hydrogens is 368 g/mol. The van der Waals surface area contributed by atoms with E-state index in [1.165, 1.54) is 0 Å². The largest absolute Gasteiger partial charge is 0.489 e. The molecule has 2 aromatic carbocycles. The molecule has 0 saturated heterocycles. The number of nitrogens with two attached hydrogens (primary N) is 1. The van der Waals surface area contributed by atoms with Crippen LogP contribution in [0.4, 0.5) is 17.2 Å². The molecular formula is C22H20N4O3. The van der Waals surface area contributed by atoms with E-state index in [1.807, 2.05) is 42.3 Å². The third kappa shape index (κ3) is 3.75. The zero-order valence-electron chi connectivity index (χ0n) is 15.9. The fourth-order valence-electron chi connectivity index (χ4n) is 3.20. The van der Waals surface area contributed by atoms with E-state index >= 15 is 0 Å². The predicted octanol–water partition coefficient (Wildman–Crippen LogP) is 3.27. The molecule has 2 heterocycles. The lowest BCUT2D eigenvalue weighted by molar-refractivity contribution is 0.0997. The van der Waals surface area contributed by atoms with E-state index in [0.717, 1.165) is 17.1 Å². The van der Waals surface area contributed by atoms with Crippen molar-refractivity contribution in [1.82, 2.24) is 4.98 Å². The summed E-state index contributed by atoms with van der Waals surface area (Å²) in [5.74, 6) is 0.512. The lowest BCUT2D eigenvalue weighted by Crippen LogP contribution is -2.30. The van der Waals surface area contributed by atoms with Gasteiger partial charge in [0.15, 0.2) is 5.75 Å². The number of ether oxygens (including phenoxy) is 1. The van der Waals surface area contributed by atoms with Crippen molar-refractivity contribution >= 4 is 29.0 Å². The number of carbonyl (C=O) groups excluding carboxylic acids is 2. The highest BCUT2D eigenvalue weighted by atomic mass is 16.5. The number of pyridine rings is 1. The second-order valence-corrected chi connectivity index (χ2v) is 6.74. The van der Waals surface area contributed by atoms with E-state index in [2.05, 4.69) is 10.3 Å². The number of rotatable bonds is 4. The van der Waals surface area contributed by atoms with Crippen LogP contribution < -0.4 is 20.7 Å². The SMILES string of the molecule is Cc1ccc(N2CCOc3c(C(=O)Nc4ccc(C(N)=O)cc4)cccc32)nc1. The molecule has 146 valence electrons. The van der Waals surface area contributed by atoms with Crippen molar-refractivity contribution in [1.29, 1.82) is 0 Å². The first-order valence-corrected chi connectivity index (χ1v) is 9.20. The van der Waals surface area contributed by atoms with Gasteiger partial charge < -0.3 is 20.7 Å². The van der Waals surface area contributed by atoms with Gasteiger partial charge in [-0.05, 0) is 55.0 Å².